The Balaban J connectivity index is 1.64. The number of rotatable bonds is 4. The Morgan fingerprint density at radius 3 is 2.92 bits per heavy atom. The standard InChI is InChI=1S/C18H17N3O2S/c1-12(22)21-11-14(15-4-2-3-5-16(15)21)6-7-17(23)20-18-13(10-19)8-9-24-18/h2-5,8-9,14H,6-7,11H2,1H3,(H,20,23). The zero-order valence-corrected chi connectivity index (χ0v) is 14.1. The Morgan fingerprint density at radius 1 is 1.38 bits per heavy atom. The number of carbonyl (C=O) groups is 2. The highest BCUT2D eigenvalue weighted by atomic mass is 32.1. The molecule has 0 radical (unpaired) electrons. The summed E-state index contributed by atoms with van der Waals surface area (Å²) in [6.07, 6.45) is 1.02. The Kier molecular flexibility index (Phi) is 4.63. The third-order valence-electron chi connectivity index (χ3n) is 4.21. The van der Waals surface area contributed by atoms with E-state index in [1.54, 1.807) is 23.3 Å². The molecule has 2 heterocycles. The molecule has 2 aromatic rings. The molecule has 1 aromatic heterocycles. The molecule has 0 saturated carbocycles. The summed E-state index contributed by atoms with van der Waals surface area (Å²) in [6.45, 7) is 2.18. The van der Waals surface area contributed by atoms with E-state index in [0.717, 1.165) is 11.3 Å². The predicted molar refractivity (Wildman–Crippen MR) is 94.1 cm³/mol. The second-order valence-corrected chi connectivity index (χ2v) is 6.66. The summed E-state index contributed by atoms with van der Waals surface area (Å²) < 4.78 is 0. The Bertz CT molecular complexity index is 822. The normalized spacial score (nSPS) is 15.7. The summed E-state index contributed by atoms with van der Waals surface area (Å²) in [4.78, 5) is 25.7. The molecule has 1 N–H and O–H groups in total. The molecule has 1 aliphatic heterocycles. The Labute approximate surface area is 144 Å². The Morgan fingerprint density at radius 2 is 2.17 bits per heavy atom. The van der Waals surface area contributed by atoms with Crippen molar-refractivity contribution in [2.24, 2.45) is 0 Å². The number of amides is 2. The van der Waals surface area contributed by atoms with E-state index < -0.39 is 0 Å². The number of nitrogens with one attached hydrogen (secondary N) is 1. The number of anilines is 2. The first-order valence-corrected chi connectivity index (χ1v) is 8.62. The van der Waals surface area contributed by atoms with E-state index in [1.807, 2.05) is 24.3 Å². The van der Waals surface area contributed by atoms with Gasteiger partial charge in [0, 0.05) is 31.5 Å². The number of carbonyl (C=O) groups excluding carboxylic acids is 2. The van der Waals surface area contributed by atoms with Crippen LogP contribution in [0.2, 0.25) is 0 Å². The molecule has 1 aromatic carbocycles. The fraction of sp³-hybridized carbons (Fsp3) is 0.278. The highest BCUT2D eigenvalue weighted by molar-refractivity contribution is 7.14. The van der Waals surface area contributed by atoms with Crippen LogP contribution < -0.4 is 10.2 Å². The first-order chi connectivity index (χ1) is 11.6. The molecule has 0 fully saturated rings. The first-order valence-electron chi connectivity index (χ1n) is 7.74. The molecule has 0 saturated heterocycles. The minimum absolute atomic E-state index is 0.0200. The van der Waals surface area contributed by atoms with E-state index in [9.17, 15) is 9.59 Å². The number of benzene rings is 1. The van der Waals surface area contributed by atoms with Crippen LogP contribution in [-0.2, 0) is 9.59 Å². The average molecular weight is 339 g/mol. The van der Waals surface area contributed by atoms with Gasteiger partial charge in [-0.2, -0.15) is 5.26 Å². The van der Waals surface area contributed by atoms with Crippen molar-refractivity contribution < 1.29 is 9.59 Å². The molecule has 1 atom stereocenters. The van der Waals surface area contributed by atoms with Crippen LogP contribution in [0.25, 0.3) is 0 Å². The highest BCUT2D eigenvalue weighted by Crippen LogP contribution is 2.38. The summed E-state index contributed by atoms with van der Waals surface area (Å²) in [7, 11) is 0. The van der Waals surface area contributed by atoms with E-state index in [0.29, 0.717) is 30.0 Å². The summed E-state index contributed by atoms with van der Waals surface area (Å²) in [5.41, 5.74) is 2.55. The third-order valence-corrected chi connectivity index (χ3v) is 5.04. The monoisotopic (exact) mass is 339 g/mol. The van der Waals surface area contributed by atoms with Crippen molar-refractivity contribution in [1.29, 1.82) is 5.26 Å². The zero-order chi connectivity index (χ0) is 17.1. The predicted octanol–water partition coefficient (Wildman–Crippen LogP) is 3.49. The maximum absolute atomic E-state index is 12.2. The minimum Gasteiger partial charge on any atom is -0.317 e. The van der Waals surface area contributed by atoms with Crippen molar-refractivity contribution in [2.45, 2.75) is 25.7 Å². The van der Waals surface area contributed by atoms with Crippen LogP contribution >= 0.6 is 11.3 Å². The van der Waals surface area contributed by atoms with E-state index >= 15 is 0 Å². The second-order valence-electron chi connectivity index (χ2n) is 5.75. The van der Waals surface area contributed by atoms with Crippen LogP contribution in [0, 0.1) is 11.3 Å². The molecule has 6 heteroatoms. The van der Waals surface area contributed by atoms with Gasteiger partial charge in [0.15, 0.2) is 0 Å². The van der Waals surface area contributed by atoms with Gasteiger partial charge in [0.2, 0.25) is 11.8 Å². The molecule has 1 aliphatic rings. The summed E-state index contributed by atoms with van der Waals surface area (Å²) in [5.74, 6) is 0.0778. The van der Waals surface area contributed by atoms with Gasteiger partial charge >= 0.3 is 0 Å². The van der Waals surface area contributed by atoms with Crippen LogP contribution in [0.1, 0.15) is 36.8 Å². The quantitative estimate of drug-likeness (QED) is 0.926. The van der Waals surface area contributed by atoms with Crippen molar-refractivity contribution >= 4 is 33.8 Å². The van der Waals surface area contributed by atoms with Gasteiger partial charge in [-0.1, -0.05) is 18.2 Å². The summed E-state index contributed by atoms with van der Waals surface area (Å²) in [5, 5.41) is 14.2. The SMILES string of the molecule is CC(=O)N1CC(CCC(=O)Nc2sccc2C#N)c2ccccc21. The van der Waals surface area contributed by atoms with Crippen molar-refractivity contribution in [2.75, 3.05) is 16.8 Å². The van der Waals surface area contributed by atoms with Crippen molar-refractivity contribution in [3.05, 3.63) is 46.8 Å². The van der Waals surface area contributed by atoms with E-state index in [1.165, 1.54) is 11.3 Å². The number of hydrogen-bond donors (Lipinski definition) is 1. The fourth-order valence-corrected chi connectivity index (χ4v) is 3.78. The number of hydrogen-bond acceptors (Lipinski definition) is 4. The van der Waals surface area contributed by atoms with E-state index in [2.05, 4.69) is 11.4 Å². The van der Waals surface area contributed by atoms with Gasteiger partial charge < -0.3 is 10.2 Å². The molecule has 2 amide bonds. The minimum atomic E-state index is -0.104. The van der Waals surface area contributed by atoms with E-state index in [-0.39, 0.29) is 17.7 Å². The molecular formula is C18H17N3O2S. The maximum Gasteiger partial charge on any atom is 0.225 e. The summed E-state index contributed by atoms with van der Waals surface area (Å²) >= 11 is 1.35. The van der Waals surface area contributed by atoms with Crippen LogP contribution in [-0.4, -0.2) is 18.4 Å². The van der Waals surface area contributed by atoms with Gasteiger partial charge in [0.05, 0.1) is 5.56 Å². The average Bonchev–Trinajstić information content (AvgIpc) is 3.17. The Hall–Kier alpha value is -2.65. The van der Waals surface area contributed by atoms with Crippen LogP contribution in [0.3, 0.4) is 0 Å². The molecule has 0 aliphatic carbocycles. The van der Waals surface area contributed by atoms with Gasteiger partial charge in [-0.25, -0.2) is 0 Å². The molecule has 0 spiro atoms. The molecule has 3 rings (SSSR count). The number of para-hydroxylation sites is 1. The van der Waals surface area contributed by atoms with Crippen molar-refractivity contribution in [1.82, 2.24) is 0 Å². The summed E-state index contributed by atoms with van der Waals surface area (Å²) in [6, 6.07) is 11.6. The third kappa shape index (κ3) is 3.17. The van der Waals surface area contributed by atoms with Gasteiger partial charge in [-0.05, 0) is 29.5 Å². The van der Waals surface area contributed by atoms with Crippen LogP contribution in [0.4, 0.5) is 10.7 Å². The molecule has 122 valence electrons. The van der Waals surface area contributed by atoms with Crippen molar-refractivity contribution in [3.8, 4) is 6.07 Å². The lowest BCUT2D eigenvalue weighted by atomic mass is 9.96. The number of fused-ring (bicyclic) bond motifs is 1. The number of nitrogens with zero attached hydrogens (tertiary/aromatic N) is 2. The van der Waals surface area contributed by atoms with E-state index in [4.69, 9.17) is 5.26 Å². The highest BCUT2D eigenvalue weighted by Gasteiger charge is 2.30. The van der Waals surface area contributed by atoms with Crippen LogP contribution in [0.5, 0.6) is 0 Å². The second kappa shape index (κ2) is 6.85. The van der Waals surface area contributed by atoms with Gasteiger partial charge in [-0.3, -0.25) is 9.59 Å². The smallest absolute Gasteiger partial charge is 0.225 e. The number of nitriles is 1. The van der Waals surface area contributed by atoms with Gasteiger partial charge in [0.25, 0.3) is 0 Å². The number of thiophene rings is 1. The largest absolute Gasteiger partial charge is 0.317 e. The molecular weight excluding hydrogens is 322 g/mol. The van der Waals surface area contributed by atoms with Gasteiger partial charge in [-0.15, -0.1) is 11.3 Å². The van der Waals surface area contributed by atoms with Gasteiger partial charge in [0.1, 0.15) is 11.1 Å². The molecule has 5 nitrogen and oxygen atoms in total. The molecule has 0 bridgehead atoms. The molecule has 1 unspecified atom stereocenters. The van der Waals surface area contributed by atoms with Crippen LogP contribution in [0.15, 0.2) is 35.7 Å². The topological polar surface area (TPSA) is 73.2 Å². The lowest BCUT2D eigenvalue weighted by Crippen LogP contribution is -2.27. The maximum atomic E-state index is 12.2. The molecule has 24 heavy (non-hydrogen) atoms. The lowest BCUT2D eigenvalue weighted by molar-refractivity contribution is -0.116. The fourth-order valence-electron chi connectivity index (χ4n) is 3.03. The van der Waals surface area contributed by atoms with Crippen molar-refractivity contribution in [3.63, 3.8) is 0 Å². The lowest BCUT2D eigenvalue weighted by Gasteiger charge is -2.15. The zero-order valence-electron chi connectivity index (χ0n) is 13.3. The first kappa shape index (κ1) is 16.2.